The van der Waals surface area contributed by atoms with E-state index in [9.17, 15) is 8.42 Å². The van der Waals surface area contributed by atoms with Gasteiger partial charge in [0.05, 0.1) is 0 Å². The van der Waals surface area contributed by atoms with Crippen LogP contribution in [0.1, 0.15) is 13.8 Å². The lowest BCUT2D eigenvalue weighted by molar-refractivity contribution is 0.414. The van der Waals surface area contributed by atoms with Gasteiger partial charge in [-0.05, 0) is 13.8 Å². The molecule has 0 aromatic heterocycles. The Morgan fingerprint density at radius 3 is 2.00 bits per heavy atom. The number of hydrogen-bond acceptors (Lipinski definition) is 2. The van der Waals surface area contributed by atoms with Crippen molar-refractivity contribution in [1.82, 2.24) is 4.31 Å². The summed E-state index contributed by atoms with van der Waals surface area (Å²) in [4.78, 5) is 0. The van der Waals surface area contributed by atoms with Crippen molar-refractivity contribution >= 4 is 26.0 Å². The molecule has 0 aromatic carbocycles. The van der Waals surface area contributed by atoms with Gasteiger partial charge < -0.3 is 0 Å². The third kappa shape index (κ3) is 2.56. The van der Waals surface area contributed by atoms with Gasteiger partial charge in [-0.1, -0.05) is 15.9 Å². The summed E-state index contributed by atoms with van der Waals surface area (Å²) >= 11 is 2.91. The first kappa shape index (κ1) is 10.4. The summed E-state index contributed by atoms with van der Waals surface area (Å²) < 4.78 is 23.4. The molecule has 3 nitrogen and oxygen atoms in total. The van der Waals surface area contributed by atoms with Crippen LogP contribution in [0.4, 0.5) is 0 Å². The molecule has 62 valence electrons. The van der Waals surface area contributed by atoms with E-state index in [4.69, 9.17) is 0 Å². The molecule has 0 radical (unpaired) electrons. The first-order valence-corrected chi connectivity index (χ1v) is 5.66. The van der Waals surface area contributed by atoms with Crippen LogP contribution in [0.25, 0.3) is 0 Å². The average molecular weight is 230 g/mol. The molecule has 0 bridgehead atoms. The molecular weight excluding hydrogens is 218 g/mol. The summed E-state index contributed by atoms with van der Waals surface area (Å²) in [6, 6.07) is 0.0301. The van der Waals surface area contributed by atoms with Crippen molar-refractivity contribution in [3.63, 3.8) is 0 Å². The Kier molecular flexibility index (Phi) is 3.83. The zero-order valence-electron chi connectivity index (χ0n) is 6.33. The zero-order chi connectivity index (χ0) is 8.36. The maximum absolute atomic E-state index is 11.0. The Morgan fingerprint density at radius 2 is 1.90 bits per heavy atom. The van der Waals surface area contributed by atoms with Gasteiger partial charge in [0.15, 0.2) is 0 Å². The molecule has 0 rings (SSSR count). The Balaban J connectivity index is 4.35. The van der Waals surface area contributed by atoms with Crippen molar-refractivity contribution in [3.05, 3.63) is 0 Å². The van der Waals surface area contributed by atoms with Crippen LogP contribution < -0.4 is 0 Å². The van der Waals surface area contributed by atoms with E-state index in [-0.39, 0.29) is 10.7 Å². The molecule has 0 aliphatic rings. The smallest absolute Gasteiger partial charge is 0.211 e. The van der Waals surface area contributed by atoms with E-state index >= 15 is 0 Å². The van der Waals surface area contributed by atoms with E-state index in [0.717, 1.165) is 0 Å². The summed E-state index contributed by atoms with van der Waals surface area (Å²) in [7, 11) is -1.48. The monoisotopic (exact) mass is 229 g/mol. The second kappa shape index (κ2) is 3.69. The van der Waals surface area contributed by atoms with Crippen molar-refractivity contribution in [2.75, 3.05) is 11.7 Å². The molecule has 0 unspecified atom stereocenters. The normalized spacial score (nSPS) is 13.0. The molecule has 0 spiro atoms. The van der Waals surface area contributed by atoms with Gasteiger partial charge in [-0.2, -0.15) is 0 Å². The first-order chi connectivity index (χ1) is 4.41. The third-order valence-electron chi connectivity index (χ3n) is 1.30. The summed E-state index contributed by atoms with van der Waals surface area (Å²) in [6.07, 6.45) is 0. The van der Waals surface area contributed by atoms with Crippen LogP contribution in [-0.2, 0) is 10.0 Å². The molecular formula is C5H12BrNO2S. The topological polar surface area (TPSA) is 37.4 Å². The van der Waals surface area contributed by atoms with E-state index in [0.29, 0.717) is 0 Å². The van der Waals surface area contributed by atoms with E-state index < -0.39 is 10.0 Å². The molecule has 5 heteroatoms. The molecule has 0 heterocycles. The van der Waals surface area contributed by atoms with Gasteiger partial charge in [0, 0.05) is 13.1 Å². The maximum atomic E-state index is 11.0. The van der Waals surface area contributed by atoms with Gasteiger partial charge >= 0.3 is 0 Å². The number of hydrogen-bond donors (Lipinski definition) is 0. The fourth-order valence-electron chi connectivity index (χ4n) is 0.398. The van der Waals surface area contributed by atoms with Crippen LogP contribution >= 0.6 is 15.9 Å². The van der Waals surface area contributed by atoms with E-state index in [1.165, 1.54) is 4.31 Å². The number of alkyl halides is 1. The van der Waals surface area contributed by atoms with Crippen LogP contribution in [0.15, 0.2) is 0 Å². The summed E-state index contributed by atoms with van der Waals surface area (Å²) in [6.45, 7) is 3.67. The van der Waals surface area contributed by atoms with Crippen LogP contribution in [0.3, 0.4) is 0 Å². The van der Waals surface area contributed by atoms with Crippen molar-refractivity contribution in [1.29, 1.82) is 0 Å². The number of sulfonamides is 1. The highest BCUT2D eigenvalue weighted by Crippen LogP contribution is 2.05. The number of halogens is 1. The SMILES string of the molecule is CC(C)N(C)S(=O)(=O)CBr. The molecule has 0 amide bonds. The lowest BCUT2D eigenvalue weighted by Gasteiger charge is -2.18. The Labute approximate surface area is 70.6 Å². The van der Waals surface area contributed by atoms with Crippen molar-refractivity contribution < 1.29 is 8.42 Å². The summed E-state index contributed by atoms with van der Waals surface area (Å²) in [5.41, 5.74) is 0. The molecule has 0 aromatic rings. The quantitative estimate of drug-likeness (QED) is 0.678. The second-order valence-electron chi connectivity index (χ2n) is 2.33. The third-order valence-corrected chi connectivity index (χ3v) is 4.61. The molecule has 0 aliphatic heterocycles. The highest BCUT2D eigenvalue weighted by molar-refractivity contribution is 9.10. The van der Waals surface area contributed by atoms with Gasteiger partial charge in [0.2, 0.25) is 10.0 Å². The molecule has 0 aliphatic carbocycles. The summed E-state index contributed by atoms with van der Waals surface area (Å²) in [5.74, 6) is 0. The van der Waals surface area contributed by atoms with Crippen molar-refractivity contribution in [2.45, 2.75) is 19.9 Å². The van der Waals surface area contributed by atoms with E-state index in [1.807, 2.05) is 13.8 Å². The van der Waals surface area contributed by atoms with Crippen LogP contribution in [0.2, 0.25) is 0 Å². The van der Waals surface area contributed by atoms with Crippen LogP contribution in [0.5, 0.6) is 0 Å². The Hall–Kier alpha value is 0.390. The first-order valence-electron chi connectivity index (χ1n) is 2.93. The van der Waals surface area contributed by atoms with Gasteiger partial charge in [-0.3, -0.25) is 0 Å². The fraction of sp³-hybridized carbons (Fsp3) is 1.00. The predicted molar refractivity (Wildman–Crippen MR) is 45.6 cm³/mol. The minimum absolute atomic E-state index is 0.00528. The fourth-order valence-corrected chi connectivity index (χ4v) is 2.16. The summed E-state index contributed by atoms with van der Waals surface area (Å²) in [5, 5.41) is 0. The molecule has 0 saturated carbocycles. The molecule has 10 heavy (non-hydrogen) atoms. The maximum Gasteiger partial charge on any atom is 0.224 e. The van der Waals surface area contributed by atoms with Gasteiger partial charge in [-0.25, -0.2) is 12.7 Å². The highest BCUT2D eigenvalue weighted by Gasteiger charge is 2.17. The lowest BCUT2D eigenvalue weighted by atomic mass is 10.4. The Morgan fingerprint density at radius 1 is 1.50 bits per heavy atom. The van der Waals surface area contributed by atoms with Crippen LogP contribution in [0, 0.1) is 0 Å². The van der Waals surface area contributed by atoms with E-state index in [2.05, 4.69) is 15.9 Å². The largest absolute Gasteiger partial charge is 0.224 e. The van der Waals surface area contributed by atoms with Gasteiger partial charge in [0.25, 0.3) is 0 Å². The second-order valence-corrected chi connectivity index (χ2v) is 5.66. The molecule has 0 saturated heterocycles. The number of nitrogens with zero attached hydrogens (tertiary/aromatic N) is 1. The predicted octanol–water partition coefficient (Wildman–Crippen LogP) is 1.01. The number of rotatable bonds is 3. The van der Waals surface area contributed by atoms with Crippen molar-refractivity contribution in [3.8, 4) is 0 Å². The van der Waals surface area contributed by atoms with Gasteiger partial charge in [0.1, 0.15) is 4.66 Å². The van der Waals surface area contributed by atoms with Crippen LogP contribution in [-0.4, -0.2) is 30.5 Å². The zero-order valence-corrected chi connectivity index (χ0v) is 8.74. The lowest BCUT2D eigenvalue weighted by Crippen LogP contribution is -2.33. The molecule has 0 N–H and O–H groups in total. The average Bonchev–Trinajstić information content (AvgIpc) is 1.86. The Bertz CT molecular complexity index is 188. The minimum atomic E-state index is -3.05. The van der Waals surface area contributed by atoms with E-state index in [1.54, 1.807) is 7.05 Å². The highest BCUT2D eigenvalue weighted by atomic mass is 79.9. The standard InChI is InChI=1S/C5H12BrNO2S/c1-5(2)7(3)10(8,9)4-6/h5H,4H2,1-3H3. The minimum Gasteiger partial charge on any atom is -0.211 e. The van der Waals surface area contributed by atoms with Gasteiger partial charge in [-0.15, -0.1) is 0 Å². The molecule has 0 atom stereocenters. The van der Waals surface area contributed by atoms with Crippen molar-refractivity contribution in [2.24, 2.45) is 0 Å². The molecule has 0 fully saturated rings.